The topological polar surface area (TPSA) is 12.9 Å². The Hall–Kier alpha value is -1.20. The quantitative estimate of drug-likeness (QED) is 0.664. The van der Waals surface area contributed by atoms with Gasteiger partial charge in [-0.1, -0.05) is 0 Å². The summed E-state index contributed by atoms with van der Waals surface area (Å²) in [7, 11) is 0. The van der Waals surface area contributed by atoms with Gasteiger partial charge in [-0.15, -0.1) is 0 Å². The monoisotopic (exact) mass is 197 g/mol. The minimum absolute atomic E-state index is 0.303. The lowest BCUT2D eigenvalue weighted by molar-refractivity contribution is 0.0450. The Morgan fingerprint density at radius 1 is 1.15 bits per heavy atom. The molecule has 13 heavy (non-hydrogen) atoms. The van der Waals surface area contributed by atoms with Gasteiger partial charge in [0.1, 0.15) is 11.5 Å². The molecule has 0 aliphatic carbocycles. The van der Waals surface area contributed by atoms with Gasteiger partial charge in [0.15, 0.2) is 5.82 Å². The highest BCUT2D eigenvalue weighted by Crippen LogP contribution is 2.24. The number of hydrogen-bond acceptors (Lipinski definition) is 1. The van der Waals surface area contributed by atoms with E-state index in [4.69, 9.17) is 0 Å². The number of pyridine rings is 1. The van der Waals surface area contributed by atoms with Crippen LogP contribution in [-0.2, 0) is 0 Å². The van der Waals surface area contributed by atoms with Crippen LogP contribution in [-0.4, -0.2) is 11.4 Å². The van der Waals surface area contributed by atoms with Gasteiger partial charge in [0.2, 0.25) is 6.17 Å². The molecule has 1 aromatic rings. The lowest BCUT2D eigenvalue weighted by Crippen LogP contribution is -2.08. The Labute approximate surface area is 70.2 Å². The van der Waals surface area contributed by atoms with Crippen LogP contribution in [0.2, 0.25) is 0 Å². The summed E-state index contributed by atoms with van der Waals surface area (Å²) < 4.78 is 60.7. The largest absolute Gasteiger partial charge is 0.275 e. The van der Waals surface area contributed by atoms with Gasteiger partial charge in [-0.3, -0.25) is 4.98 Å². The Bertz CT molecular complexity index is 301. The average molecular weight is 197 g/mol. The van der Waals surface area contributed by atoms with Crippen LogP contribution in [0.1, 0.15) is 11.9 Å². The van der Waals surface area contributed by atoms with Crippen LogP contribution in [0.3, 0.4) is 0 Å². The molecule has 0 N–H and O–H groups in total. The number of nitrogens with zero attached hydrogens (tertiary/aromatic N) is 1. The molecule has 1 nitrogen and oxygen atoms in total. The second-order valence-electron chi connectivity index (χ2n) is 2.26. The highest BCUT2D eigenvalue weighted by atomic mass is 19.3. The van der Waals surface area contributed by atoms with E-state index in [1.807, 2.05) is 0 Å². The molecule has 0 radical (unpaired) electrons. The van der Waals surface area contributed by atoms with E-state index in [0.29, 0.717) is 12.3 Å². The van der Waals surface area contributed by atoms with E-state index in [0.717, 1.165) is 0 Å². The lowest BCUT2D eigenvalue weighted by atomic mass is 10.2. The fourth-order valence-corrected chi connectivity index (χ4v) is 0.747. The minimum Gasteiger partial charge on any atom is -0.252 e. The van der Waals surface area contributed by atoms with Crippen LogP contribution in [0.25, 0.3) is 0 Å². The van der Waals surface area contributed by atoms with Crippen LogP contribution < -0.4 is 0 Å². The molecule has 0 aromatic carbocycles. The van der Waals surface area contributed by atoms with Crippen LogP contribution in [0, 0.1) is 11.6 Å². The molecule has 0 bridgehead atoms. The maximum Gasteiger partial charge on any atom is 0.275 e. The molecular weight excluding hydrogens is 193 g/mol. The normalized spacial score (nSPS) is 13.4. The van der Waals surface area contributed by atoms with Crippen molar-refractivity contribution in [2.45, 2.75) is 12.6 Å². The Morgan fingerprint density at radius 2 is 1.77 bits per heavy atom. The van der Waals surface area contributed by atoms with Gasteiger partial charge in [0.05, 0.1) is 6.20 Å². The smallest absolute Gasteiger partial charge is 0.252 e. The standard InChI is InChI=1S/C7H4F5N/c8-3-1-4(9)6(13-2-3)5(10)7(11)12/h1-2,5,7H/t5-/m1/s1. The second-order valence-corrected chi connectivity index (χ2v) is 2.26. The molecule has 0 saturated heterocycles. The van der Waals surface area contributed by atoms with Gasteiger partial charge in [-0.25, -0.2) is 22.0 Å². The maximum absolute atomic E-state index is 12.6. The molecule has 0 fully saturated rings. The Morgan fingerprint density at radius 3 is 2.23 bits per heavy atom. The molecule has 0 aliphatic rings. The zero-order valence-electron chi connectivity index (χ0n) is 6.15. The molecule has 0 aliphatic heterocycles. The zero-order chi connectivity index (χ0) is 10.0. The van der Waals surface area contributed by atoms with Gasteiger partial charge >= 0.3 is 0 Å². The predicted octanol–water partition coefficient (Wildman–Crippen LogP) is 2.64. The third kappa shape index (κ3) is 2.13. The number of aromatic nitrogens is 1. The van der Waals surface area contributed by atoms with Crippen LogP contribution >= 0.6 is 0 Å². The van der Waals surface area contributed by atoms with Crippen molar-refractivity contribution in [1.82, 2.24) is 4.98 Å². The van der Waals surface area contributed by atoms with Crippen molar-refractivity contribution in [3.8, 4) is 0 Å². The van der Waals surface area contributed by atoms with E-state index in [9.17, 15) is 22.0 Å². The minimum atomic E-state index is -3.37. The third-order valence-corrected chi connectivity index (χ3v) is 1.32. The zero-order valence-corrected chi connectivity index (χ0v) is 6.15. The summed E-state index contributed by atoms with van der Waals surface area (Å²) in [5.74, 6) is -2.45. The van der Waals surface area contributed by atoms with E-state index in [-0.39, 0.29) is 0 Å². The van der Waals surface area contributed by atoms with Crippen molar-refractivity contribution in [2.24, 2.45) is 0 Å². The maximum atomic E-state index is 12.6. The molecule has 72 valence electrons. The van der Waals surface area contributed by atoms with E-state index < -0.39 is 29.9 Å². The van der Waals surface area contributed by atoms with Crippen LogP contribution in [0.5, 0.6) is 0 Å². The molecule has 0 unspecified atom stereocenters. The van der Waals surface area contributed by atoms with Crippen molar-refractivity contribution in [1.29, 1.82) is 0 Å². The van der Waals surface area contributed by atoms with E-state index in [2.05, 4.69) is 4.98 Å². The van der Waals surface area contributed by atoms with Gasteiger partial charge in [0, 0.05) is 6.07 Å². The first-order valence-electron chi connectivity index (χ1n) is 3.25. The Balaban J connectivity index is 3.01. The SMILES string of the molecule is Fc1cnc([C@@H](F)C(F)F)c(F)c1. The fourth-order valence-electron chi connectivity index (χ4n) is 0.747. The summed E-state index contributed by atoms with van der Waals surface area (Å²) >= 11 is 0. The van der Waals surface area contributed by atoms with Crippen LogP contribution in [0.4, 0.5) is 22.0 Å². The van der Waals surface area contributed by atoms with E-state index in [1.54, 1.807) is 0 Å². The van der Waals surface area contributed by atoms with Crippen molar-refractivity contribution in [2.75, 3.05) is 0 Å². The molecule has 1 atom stereocenters. The molecule has 0 saturated carbocycles. The van der Waals surface area contributed by atoms with Gasteiger partial charge in [-0.05, 0) is 0 Å². The van der Waals surface area contributed by atoms with Crippen molar-refractivity contribution >= 4 is 0 Å². The molecular formula is C7H4F5N. The molecule has 1 rings (SSSR count). The van der Waals surface area contributed by atoms with Gasteiger partial charge < -0.3 is 0 Å². The first kappa shape index (κ1) is 9.88. The molecule has 6 heteroatoms. The molecule has 0 spiro atoms. The number of alkyl halides is 3. The Kier molecular flexibility index (Phi) is 2.79. The fraction of sp³-hybridized carbons (Fsp3) is 0.286. The summed E-state index contributed by atoms with van der Waals surface area (Å²) in [6.07, 6.45) is -5.71. The van der Waals surface area contributed by atoms with Crippen molar-refractivity contribution in [3.63, 3.8) is 0 Å². The summed E-state index contributed by atoms with van der Waals surface area (Å²) in [5.41, 5.74) is -1.07. The van der Waals surface area contributed by atoms with E-state index >= 15 is 0 Å². The summed E-state index contributed by atoms with van der Waals surface area (Å²) in [6.45, 7) is 0. The highest BCUT2D eigenvalue weighted by molar-refractivity contribution is 5.11. The number of hydrogen-bond donors (Lipinski definition) is 0. The number of halogens is 5. The summed E-state index contributed by atoms with van der Waals surface area (Å²) in [6, 6.07) is 0.303. The van der Waals surface area contributed by atoms with Crippen LogP contribution in [0.15, 0.2) is 12.3 Å². The predicted molar refractivity (Wildman–Crippen MR) is 34.0 cm³/mol. The first-order chi connectivity index (χ1) is 6.02. The number of rotatable bonds is 2. The first-order valence-corrected chi connectivity index (χ1v) is 3.25. The van der Waals surface area contributed by atoms with Gasteiger partial charge in [0.25, 0.3) is 6.43 Å². The highest BCUT2D eigenvalue weighted by Gasteiger charge is 2.26. The second kappa shape index (κ2) is 3.68. The van der Waals surface area contributed by atoms with Crippen molar-refractivity contribution < 1.29 is 22.0 Å². The average Bonchev–Trinajstić information content (AvgIpc) is 2.03. The summed E-state index contributed by atoms with van der Waals surface area (Å²) in [4.78, 5) is 2.89. The molecule has 1 heterocycles. The van der Waals surface area contributed by atoms with Gasteiger partial charge in [-0.2, -0.15) is 0 Å². The lowest BCUT2D eigenvalue weighted by Gasteiger charge is -2.06. The molecule has 1 aromatic heterocycles. The summed E-state index contributed by atoms with van der Waals surface area (Å²) in [5, 5.41) is 0. The van der Waals surface area contributed by atoms with Crippen molar-refractivity contribution in [3.05, 3.63) is 29.6 Å². The third-order valence-electron chi connectivity index (χ3n) is 1.32. The van der Waals surface area contributed by atoms with E-state index in [1.165, 1.54) is 0 Å². The molecule has 0 amide bonds.